The minimum absolute atomic E-state index is 0.216. The quantitative estimate of drug-likeness (QED) is 0.483. The van der Waals surface area contributed by atoms with Crippen LogP contribution in [0.2, 0.25) is 0 Å². The van der Waals surface area contributed by atoms with Crippen LogP contribution in [0.3, 0.4) is 0 Å². The number of nitrogens with zero attached hydrogens (tertiary/aromatic N) is 3. The fraction of sp³-hybridized carbons (Fsp3) is 0.292. The number of amides is 1. The molecule has 162 valence electrons. The van der Waals surface area contributed by atoms with Gasteiger partial charge in [-0.1, -0.05) is 17.2 Å². The summed E-state index contributed by atoms with van der Waals surface area (Å²) in [5.41, 5.74) is 6.47. The van der Waals surface area contributed by atoms with Crippen LogP contribution in [0.1, 0.15) is 38.4 Å². The predicted octanol–water partition coefficient (Wildman–Crippen LogP) is 4.06. The van der Waals surface area contributed by atoms with E-state index in [0.29, 0.717) is 18.1 Å². The lowest BCUT2D eigenvalue weighted by Crippen LogP contribution is -2.36. The molecule has 1 aromatic heterocycles. The molecule has 0 saturated heterocycles. The molecule has 0 aliphatic carbocycles. The Bertz CT molecular complexity index is 1090. The van der Waals surface area contributed by atoms with Gasteiger partial charge in [-0.25, -0.2) is 4.99 Å². The van der Waals surface area contributed by atoms with Gasteiger partial charge < -0.3 is 10.1 Å². The molecule has 1 amide bonds. The van der Waals surface area contributed by atoms with Crippen LogP contribution >= 0.6 is 0 Å². The van der Waals surface area contributed by atoms with E-state index in [1.165, 1.54) is 0 Å². The zero-order valence-electron chi connectivity index (χ0n) is 18.9. The van der Waals surface area contributed by atoms with E-state index in [0.717, 1.165) is 39.5 Å². The maximum Gasteiger partial charge on any atom is 0.257 e. The number of benzene rings is 2. The summed E-state index contributed by atoms with van der Waals surface area (Å²) in [6.45, 7) is 8.32. The number of nitrogens with one attached hydrogen (secondary N) is 2. The van der Waals surface area contributed by atoms with E-state index < -0.39 is 0 Å². The molecule has 0 saturated carbocycles. The van der Waals surface area contributed by atoms with Gasteiger partial charge in [-0.15, -0.1) is 0 Å². The van der Waals surface area contributed by atoms with Crippen LogP contribution in [0.5, 0.6) is 5.75 Å². The first-order valence-corrected chi connectivity index (χ1v) is 10.1. The summed E-state index contributed by atoms with van der Waals surface area (Å²) in [7, 11) is 3.53. The number of ether oxygens (including phenoxy) is 1. The largest absolute Gasteiger partial charge is 0.497 e. The molecule has 7 heteroatoms. The summed E-state index contributed by atoms with van der Waals surface area (Å²) in [5, 5.41) is 10.6. The Morgan fingerprint density at radius 3 is 2.26 bits per heavy atom. The molecule has 0 fully saturated rings. The van der Waals surface area contributed by atoms with Gasteiger partial charge in [-0.3, -0.25) is 14.8 Å². The lowest BCUT2D eigenvalue weighted by molar-refractivity contribution is 0.0976. The van der Waals surface area contributed by atoms with Crippen LogP contribution < -0.4 is 15.4 Å². The highest BCUT2D eigenvalue weighted by molar-refractivity contribution is 6.10. The van der Waals surface area contributed by atoms with Crippen LogP contribution in [0, 0.1) is 27.7 Å². The Morgan fingerprint density at radius 2 is 1.71 bits per heavy atom. The van der Waals surface area contributed by atoms with E-state index in [1.807, 2.05) is 81.9 Å². The predicted molar refractivity (Wildman–Crippen MR) is 124 cm³/mol. The second-order valence-corrected chi connectivity index (χ2v) is 7.62. The van der Waals surface area contributed by atoms with E-state index in [-0.39, 0.29) is 5.91 Å². The summed E-state index contributed by atoms with van der Waals surface area (Å²) < 4.78 is 7.05. The lowest BCUT2D eigenvalue weighted by atomic mass is 10.1. The zero-order valence-corrected chi connectivity index (χ0v) is 18.9. The normalized spacial score (nSPS) is 11.4. The van der Waals surface area contributed by atoms with Crippen LogP contribution in [0.25, 0.3) is 0 Å². The van der Waals surface area contributed by atoms with Crippen LogP contribution in [-0.4, -0.2) is 28.8 Å². The standard InChI is InChI=1S/C24H29N5O2/c1-15-11-16(2)13-19(12-15)23(30)27-24(26-20-7-9-21(31-6)10-8-20)25-14-22-17(3)28-29(5)18(22)4/h7-13H,14H2,1-6H3,(H2,25,26,27,30). The topological polar surface area (TPSA) is 80.5 Å². The van der Waals surface area contributed by atoms with Gasteiger partial charge in [0, 0.05) is 29.6 Å². The molecule has 1 heterocycles. The monoisotopic (exact) mass is 419 g/mol. The molecule has 0 aliphatic rings. The lowest BCUT2D eigenvalue weighted by Gasteiger charge is -2.13. The molecule has 3 aromatic rings. The molecule has 0 radical (unpaired) electrons. The second-order valence-electron chi connectivity index (χ2n) is 7.62. The fourth-order valence-corrected chi connectivity index (χ4v) is 3.41. The second kappa shape index (κ2) is 9.47. The molecule has 2 N–H and O–H groups in total. The van der Waals surface area contributed by atoms with E-state index in [2.05, 4.69) is 20.7 Å². The minimum Gasteiger partial charge on any atom is -0.497 e. The molecular weight excluding hydrogens is 390 g/mol. The van der Waals surface area contributed by atoms with Crippen molar-refractivity contribution >= 4 is 17.6 Å². The first-order chi connectivity index (χ1) is 14.8. The summed E-state index contributed by atoms with van der Waals surface area (Å²) in [5.74, 6) is 0.910. The Balaban J connectivity index is 1.87. The van der Waals surface area contributed by atoms with E-state index in [1.54, 1.807) is 7.11 Å². The Hall–Kier alpha value is -3.61. The van der Waals surface area contributed by atoms with Crippen molar-refractivity contribution in [2.75, 3.05) is 12.4 Å². The van der Waals surface area contributed by atoms with Crippen molar-refractivity contribution in [3.63, 3.8) is 0 Å². The first-order valence-electron chi connectivity index (χ1n) is 10.1. The number of carbonyl (C=O) groups excluding carboxylic acids is 1. The number of rotatable bonds is 5. The van der Waals surface area contributed by atoms with E-state index in [9.17, 15) is 4.79 Å². The maximum atomic E-state index is 12.9. The van der Waals surface area contributed by atoms with Gasteiger partial charge in [0.15, 0.2) is 0 Å². The molecule has 3 rings (SSSR count). The molecule has 0 unspecified atom stereocenters. The summed E-state index contributed by atoms with van der Waals surface area (Å²) in [4.78, 5) is 17.6. The average molecular weight is 420 g/mol. The number of methoxy groups -OCH3 is 1. The van der Waals surface area contributed by atoms with Gasteiger partial charge in [0.25, 0.3) is 5.91 Å². The van der Waals surface area contributed by atoms with Gasteiger partial charge in [-0.05, 0) is 64.1 Å². The minimum atomic E-state index is -0.216. The summed E-state index contributed by atoms with van der Waals surface area (Å²) in [6, 6.07) is 13.2. The number of carbonyl (C=O) groups is 1. The van der Waals surface area contributed by atoms with Crippen LogP contribution in [-0.2, 0) is 13.6 Å². The number of aryl methyl sites for hydroxylation is 4. The maximum absolute atomic E-state index is 12.9. The zero-order chi connectivity index (χ0) is 22.5. The van der Waals surface area contributed by atoms with Crippen molar-refractivity contribution in [2.45, 2.75) is 34.2 Å². The third-order valence-corrected chi connectivity index (χ3v) is 5.12. The van der Waals surface area contributed by atoms with Crippen molar-refractivity contribution in [1.29, 1.82) is 0 Å². The average Bonchev–Trinajstić information content (AvgIpc) is 2.97. The molecule has 31 heavy (non-hydrogen) atoms. The number of hydrogen-bond acceptors (Lipinski definition) is 4. The third kappa shape index (κ3) is 5.51. The Morgan fingerprint density at radius 1 is 1.06 bits per heavy atom. The molecule has 0 bridgehead atoms. The number of aromatic nitrogens is 2. The van der Waals surface area contributed by atoms with Crippen molar-refractivity contribution in [3.8, 4) is 5.75 Å². The highest BCUT2D eigenvalue weighted by Crippen LogP contribution is 2.16. The fourth-order valence-electron chi connectivity index (χ4n) is 3.41. The summed E-state index contributed by atoms with van der Waals surface area (Å²) >= 11 is 0. The van der Waals surface area contributed by atoms with Crippen LogP contribution in [0.15, 0.2) is 47.5 Å². The van der Waals surface area contributed by atoms with E-state index >= 15 is 0 Å². The van der Waals surface area contributed by atoms with Crippen molar-refractivity contribution in [1.82, 2.24) is 15.1 Å². The number of hydrogen-bond donors (Lipinski definition) is 2. The molecular formula is C24H29N5O2. The molecule has 2 aromatic carbocycles. The smallest absolute Gasteiger partial charge is 0.257 e. The number of aliphatic imine (C=N–C) groups is 1. The van der Waals surface area contributed by atoms with E-state index in [4.69, 9.17) is 4.74 Å². The van der Waals surface area contributed by atoms with Crippen LogP contribution in [0.4, 0.5) is 5.69 Å². The molecule has 0 aliphatic heterocycles. The Labute approximate surface area is 183 Å². The Kier molecular flexibility index (Phi) is 6.74. The van der Waals surface area contributed by atoms with Gasteiger partial charge in [0.1, 0.15) is 5.75 Å². The van der Waals surface area contributed by atoms with Crippen molar-refractivity contribution in [2.24, 2.45) is 12.0 Å². The number of anilines is 1. The molecule has 0 spiro atoms. The van der Waals surface area contributed by atoms with Crippen molar-refractivity contribution < 1.29 is 9.53 Å². The SMILES string of the molecule is COc1ccc(NC(=NCc2c(C)nn(C)c2C)NC(=O)c2cc(C)cc(C)c2)cc1. The number of guanidine groups is 1. The molecule has 0 atom stereocenters. The molecule has 7 nitrogen and oxygen atoms in total. The highest BCUT2D eigenvalue weighted by Gasteiger charge is 2.13. The van der Waals surface area contributed by atoms with Gasteiger partial charge >= 0.3 is 0 Å². The van der Waals surface area contributed by atoms with Gasteiger partial charge in [0.2, 0.25) is 5.96 Å². The third-order valence-electron chi connectivity index (χ3n) is 5.12. The first kappa shape index (κ1) is 22.1. The van der Waals surface area contributed by atoms with Gasteiger partial charge in [0.05, 0.1) is 19.3 Å². The van der Waals surface area contributed by atoms with Gasteiger partial charge in [-0.2, -0.15) is 5.10 Å². The summed E-state index contributed by atoms with van der Waals surface area (Å²) in [6.07, 6.45) is 0. The highest BCUT2D eigenvalue weighted by atomic mass is 16.5. The van der Waals surface area contributed by atoms with Crippen molar-refractivity contribution in [3.05, 3.63) is 76.1 Å².